The summed E-state index contributed by atoms with van der Waals surface area (Å²) in [6, 6.07) is 4.49. The number of hydrogen-bond acceptors (Lipinski definition) is 3. The molecule has 0 aromatic carbocycles. The van der Waals surface area contributed by atoms with E-state index in [0.29, 0.717) is 11.2 Å². The van der Waals surface area contributed by atoms with Crippen LogP contribution in [0, 0.1) is 11.8 Å². The zero-order chi connectivity index (χ0) is 16.4. The Kier molecular flexibility index (Phi) is 5.29. The van der Waals surface area contributed by atoms with E-state index in [2.05, 4.69) is 23.9 Å². The van der Waals surface area contributed by atoms with Crippen molar-refractivity contribution in [1.29, 1.82) is 0 Å². The van der Waals surface area contributed by atoms with Crippen molar-refractivity contribution >= 4 is 11.6 Å². The van der Waals surface area contributed by atoms with Gasteiger partial charge in [-0.15, -0.1) is 0 Å². The summed E-state index contributed by atoms with van der Waals surface area (Å²) in [5.74, 6) is 0.506. The Hall–Kier alpha value is -0.640. The molecule has 0 saturated heterocycles. The number of aliphatic hydroxyl groups is 1. The minimum atomic E-state index is -0.794. The molecule has 3 atom stereocenters. The van der Waals surface area contributed by atoms with Gasteiger partial charge < -0.3 is 10.0 Å². The Morgan fingerprint density at radius 2 is 2.00 bits per heavy atom. The van der Waals surface area contributed by atoms with Crippen molar-refractivity contribution in [2.24, 2.45) is 11.8 Å². The molecule has 2 saturated carbocycles. The molecule has 2 fully saturated rings. The molecular weight excluding hydrogens is 308 g/mol. The van der Waals surface area contributed by atoms with Crippen LogP contribution in [0.3, 0.4) is 0 Å². The van der Waals surface area contributed by atoms with Crippen molar-refractivity contribution in [2.75, 3.05) is 13.6 Å². The van der Waals surface area contributed by atoms with E-state index in [9.17, 15) is 5.11 Å². The Labute approximate surface area is 145 Å². The van der Waals surface area contributed by atoms with Crippen LogP contribution in [0.1, 0.15) is 57.4 Å². The summed E-state index contributed by atoms with van der Waals surface area (Å²) in [7, 11) is 2.23. The van der Waals surface area contributed by atoms with Crippen LogP contribution in [0.15, 0.2) is 18.3 Å². The van der Waals surface area contributed by atoms with Crippen LogP contribution in [-0.2, 0) is 5.60 Å². The summed E-state index contributed by atoms with van der Waals surface area (Å²) in [6.07, 6.45) is 10.4. The van der Waals surface area contributed by atoms with Gasteiger partial charge in [0.1, 0.15) is 5.15 Å². The highest BCUT2D eigenvalue weighted by atomic mass is 35.5. The van der Waals surface area contributed by atoms with Crippen molar-refractivity contribution in [3.05, 3.63) is 29.0 Å². The van der Waals surface area contributed by atoms with Gasteiger partial charge in [0.25, 0.3) is 0 Å². The van der Waals surface area contributed by atoms with E-state index in [-0.39, 0.29) is 11.8 Å². The molecule has 0 amide bonds. The molecule has 3 unspecified atom stereocenters. The summed E-state index contributed by atoms with van der Waals surface area (Å²) in [6.45, 7) is 3.14. The minimum Gasteiger partial charge on any atom is -0.385 e. The predicted octanol–water partition coefficient (Wildman–Crippen LogP) is 4.23. The molecule has 2 aliphatic rings. The van der Waals surface area contributed by atoms with Crippen LogP contribution in [-0.4, -0.2) is 34.6 Å². The Morgan fingerprint density at radius 3 is 2.70 bits per heavy atom. The van der Waals surface area contributed by atoms with E-state index in [0.717, 1.165) is 24.9 Å². The molecule has 4 heteroatoms. The van der Waals surface area contributed by atoms with Crippen LogP contribution in [0.2, 0.25) is 5.15 Å². The highest BCUT2D eigenvalue weighted by Crippen LogP contribution is 2.46. The number of pyridine rings is 1. The van der Waals surface area contributed by atoms with Crippen molar-refractivity contribution in [2.45, 2.75) is 63.5 Å². The topological polar surface area (TPSA) is 36.4 Å². The van der Waals surface area contributed by atoms with Gasteiger partial charge in [-0.25, -0.2) is 4.98 Å². The fraction of sp³-hybridized carbons (Fsp3) is 0.737. The molecule has 2 aliphatic carbocycles. The van der Waals surface area contributed by atoms with Gasteiger partial charge >= 0.3 is 0 Å². The second-order valence-corrected chi connectivity index (χ2v) is 7.99. The van der Waals surface area contributed by atoms with E-state index >= 15 is 0 Å². The fourth-order valence-corrected chi connectivity index (χ4v) is 4.93. The average Bonchev–Trinajstić information content (AvgIpc) is 3.06. The third-order valence-corrected chi connectivity index (χ3v) is 6.42. The zero-order valence-electron chi connectivity index (χ0n) is 14.3. The quantitative estimate of drug-likeness (QED) is 0.836. The van der Waals surface area contributed by atoms with Crippen LogP contribution in [0.5, 0.6) is 0 Å². The molecule has 0 radical (unpaired) electrons. The second kappa shape index (κ2) is 7.08. The summed E-state index contributed by atoms with van der Waals surface area (Å²) < 4.78 is 0. The maximum Gasteiger partial charge on any atom is 0.129 e. The Morgan fingerprint density at radius 1 is 1.26 bits per heavy atom. The molecular formula is C19H29ClN2O. The first kappa shape index (κ1) is 17.2. The number of nitrogens with zero attached hydrogens (tertiary/aromatic N) is 2. The van der Waals surface area contributed by atoms with Crippen LogP contribution in [0.25, 0.3) is 0 Å². The number of hydrogen-bond donors (Lipinski definition) is 1. The maximum atomic E-state index is 11.7. The average molecular weight is 337 g/mol. The van der Waals surface area contributed by atoms with Gasteiger partial charge in [-0.3, -0.25) is 0 Å². The van der Waals surface area contributed by atoms with Crippen LogP contribution >= 0.6 is 11.6 Å². The number of halogens is 1. The molecule has 3 nitrogen and oxygen atoms in total. The van der Waals surface area contributed by atoms with Crippen molar-refractivity contribution in [1.82, 2.24) is 9.88 Å². The molecule has 128 valence electrons. The SMILES string of the molecule is CC1CCCC(CN(C)C2CCCC2)C1(O)c1ccnc(Cl)c1. The molecule has 1 aromatic heterocycles. The van der Waals surface area contributed by atoms with E-state index in [1.807, 2.05) is 12.1 Å². The first-order valence-electron chi connectivity index (χ1n) is 9.06. The van der Waals surface area contributed by atoms with Gasteiger partial charge in [0.05, 0.1) is 5.60 Å². The molecule has 1 N–H and O–H groups in total. The van der Waals surface area contributed by atoms with Gasteiger partial charge in [-0.2, -0.15) is 0 Å². The summed E-state index contributed by atoms with van der Waals surface area (Å²) >= 11 is 6.10. The summed E-state index contributed by atoms with van der Waals surface area (Å²) in [5, 5.41) is 12.1. The van der Waals surface area contributed by atoms with Gasteiger partial charge in [-0.05, 0) is 56.3 Å². The summed E-state index contributed by atoms with van der Waals surface area (Å²) in [4.78, 5) is 6.57. The maximum absolute atomic E-state index is 11.7. The normalized spacial score (nSPS) is 32.6. The molecule has 0 spiro atoms. The van der Waals surface area contributed by atoms with Crippen molar-refractivity contribution in [3.8, 4) is 0 Å². The number of aromatic nitrogens is 1. The van der Waals surface area contributed by atoms with Crippen LogP contribution in [0.4, 0.5) is 0 Å². The lowest BCUT2D eigenvalue weighted by Crippen LogP contribution is -2.49. The third-order valence-electron chi connectivity index (χ3n) is 6.21. The predicted molar refractivity (Wildman–Crippen MR) is 94.5 cm³/mol. The molecule has 23 heavy (non-hydrogen) atoms. The Balaban J connectivity index is 1.84. The van der Waals surface area contributed by atoms with Crippen molar-refractivity contribution in [3.63, 3.8) is 0 Å². The molecule has 3 rings (SSSR count). The number of rotatable bonds is 4. The molecule has 1 heterocycles. The molecule has 0 aliphatic heterocycles. The lowest BCUT2D eigenvalue weighted by molar-refractivity contribution is -0.105. The van der Waals surface area contributed by atoms with E-state index in [1.165, 1.54) is 32.1 Å². The smallest absolute Gasteiger partial charge is 0.129 e. The van der Waals surface area contributed by atoms with Gasteiger partial charge in [0, 0.05) is 24.7 Å². The third kappa shape index (κ3) is 3.42. The lowest BCUT2D eigenvalue weighted by atomic mass is 9.65. The monoisotopic (exact) mass is 336 g/mol. The largest absolute Gasteiger partial charge is 0.385 e. The van der Waals surface area contributed by atoms with Gasteiger partial charge in [-0.1, -0.05) is 37.8 Å². The first-order chi connectivity index (χ1) is 11.0. The highest BCUT2D eigenvalue weighted by Gasteiger charge is 2.46. The molecule has 1 aromatic rings. The van der Waals surface area contributed by atoms with Gasteiger partial charge in [0.2, 0.25) is 0 Å². The highest BCUT2D eigenvalue weighted by molar-refractivity contribution is 6.29. The second-order valence-electron chi connectivity index (χ2n) is 7.60. The van der Waals surface area contributed by atoms with E-state index in [4.69, 9.17) is 11.6 Å². The standard InChI is InChI=1S/C19H29ClN2O/c1-14-6-5-7-16(13-22(2)17-8-3-4-9-17)19(14,23)15-10-11-21-18(20)12-15/h10-12,14,16-17,23H,3-9,13H2,1-2H3. The Bertz CT molecular complexity index is 532. The minimum absolute atomic E-state index is 0.247. The fourth-order valence-electron chi connectivity index (χ4n) is 4.76. The zero-order valence-corrected chi connectivity index (χ0v) is 15.1. The van der Waals surface area contributed by atoms with Crippen molar-refractivity contribution < 1.29 is 5.11 Å². The van der Waals surface area contributed by atoms with Gasteiger partial charge in [0.15, 0.2) is 0 Å². The lowest BCUT2D eigenvalue weighted by Gasteiger charge is -2.47. The van der Waals surface area contributed by atoms with E-state index in [1.54, 1.807) is 6.20 Å². The summed E-state index contributed by atoms with van der Waals surface area (Å²) in [5.41, 5.74) is 0.145. The van der Waals surface area contributed by atoms with E-state index < -0.39 is 5.60 Å². The molecule has 0 bridgehead atoms. The first-order valence-corrected chi connectivity index (χ1v) is 9.44. The van der Waals surface area contributed by atoms with Crippen LogP contribution < -0.4 is 0 Å².